The predicted octanol–water partition coefficient (Wildman–Crippen LogP) is 5.99. The van der Waals surface area contributed by atoms with Gasteiger partial charge in [-0.2, -0.15) is 0 Å². The lowest BCUT2D eigenvalue weighted by Crippen LogP contribution is -2.15. The van der Waals surface area contributed by atoms with Crippen LogP contribution >= 0.6 is 23.3 Å². The van der Waals surface area contributed by atoms with E-state index in [0.717, 1.165) is 37.4 Å². The molecule has 1 N–H and O–H groups in total. The van der Waals surface area contributed by atoms with Crippen LogP contribution in [-0.4, -0.2) is 25.8 Å². The van der Waals surface area contributed by atoms with Crippen molar-refractivity contribution in [1.29, 1.82) is 0 Å². The highest BCUT2D eigenvalue weighted by Gasteiger charge is 2.13. The first-order valence-electron chi connectivity index (χ1n) is 11.1. The van der Waals surface area contributed by atoms with E-state index < -0.39 is 0 Å². The van der Waals surface area contributed by atoms with Crippen molar-refractivity contribution in [2.45, 2.75) is 18.4 Å². The Morgan fingerprint density at radius 3 is 2.42 bits per heavy atom. The average molecular weight is 512 g/mol. The van der Waals surface area contributed by atoms with Crippen LogP contribution in [0.4, 0.5) is 0 Å². The third-order valence-corrected chi connectivity index (χ3v) is 7.09. The molecular formula is C27H21N5O2S2. The molecule has 0 aliphatic heterocycles. The number of hydrogen-bond acceptors (Lipinski definition) is 8. The minimum Gasteiger partial charge on any atom is -0.456 e. The van der Waals surface area contributed by atoms with Crippen molar-refractivity contribution in [3.8, 4) is 27.8 Å². The number of nitrogens with one attached hydrogen (secondary N) is 1. The molecule has 3 heterocycles. The topological polar surface area (TPSA) is 89.9 Å². The van der Waals surface area contributed by atoms with Gasteiger partial charge < -0.3 is 4.74 Å². The quantitative estimate of drug-likeness (QED) is 0.256. The number of pyridine rings is 1. The molecule has 0 spiro atoms. The summed E-state index contributed by atoms with van der Waals surface area (Å²) >= 11 is 2.83. The smallest absolute Gasteiger partial charge is 0.316 e. The van der Waals surface area contributed by atoms with Crippen molar-refractivity contribution in [3.63, 3.8) is 0 Å². The zero-order valence-corrected chi connectivity index (χ0v) is 20.9. The predicted molar refractivity (Wildman–Crippen MR) is 142 cm³/mol. The van der Waals surface area contributed by atoms with Crippen molar-refractivity contribution in [2.75, 3.05) is 0 Å². The first-order chi connectivity index (χ1) is 17.7. The molecule has 0 aliphatic carbocycles. The Morgan fingerprint density at radius 1 is 0.889 bits per heavy atom. The molecule has 1 amide bonds. The van der Waals surface area contributed by atoms with Gasteiger partial charge in [0.1, 0.15) is 11.6 Å². The van der Waals surface area contributed by atoms with Crippen LogP contribution in [0.1, 0.15) is 21.1 Å². The fourth-order valence-corrected chi connectivity index (χ4v) is 4.97. The summed E-state index contributed by atoms with van der Waals surface area (Å²) in [7, 11) is 0. The van der Waals surface area contributed by atoms with E-state index in [1.54, 1.807) is 18.5 Å². The molecule has 0 aliphatic rings. The van der Waals surface area contributed by atoms with E-state index in [2.05, 4.69) is 19.7 Å². The van der Waals surface area contributed by atoms with Gasteiger partial charge in [-0.05, 0) is 61.3 Å². The van der Waals surface area contributed by atoms with Gasteiger partial charge in [-0.1, -0.05) is 36.4 Å². The Morgan fingerprint density at radius 2 is 1.64 bits per heavy atom. The van der Waals surface area contributed by atoms with Crippen LogP contribution in [0.25, 0.3) is 21.8 Å². The Hall–Kier alpha value is -4.08. The largest absolute Gasteiger partial charge is 0.456 e. The van der Waals surface area contributed by atoms with Crippen molar-refractivity contribution in [2.24, 2.45) is 0 Å². The van der Waals surface area contributed by atoms with Crippen LogP contribution in [0.15, 0.2) is 96.2 Å². The van der Waals surface area contributed by atoms with Gasteiger partial charge in [0.05, 0.1) is 22.0 Å². The minimum atomic E-state index is -0.145. The lowest BCUT2D eigenvalue weighted by Gasteiger charge is -2.07. The first-order valence-corrected chi connectivity index (χ1v) is 12.8. The number of carbonyl (C=O) groups excluding carboxylic acids is 1. The second kappa shape index (κ2) is 11.1. The van der Waals surface area contributed by atoms with Gasteiger partial charge >= 0.3 is 6.01 Å². The number of ether oxygens (including phenoxy) is 1. The molecule has 3 aromatic heterocycles. The average Bonchev–Trinajstić information content (AvgIpc) is 3.32. The van der Waals surface area contributed by atoms with Gasteiger partial charge in [0.15, 0.2) is 0 Å². The van der Waals surface area contributed by atoms with Crippen LogP contribution in [0.5, 0.6) is 6.01 Å². The monoisotopic (exact) mass is 511 g/mol. The molecule has 178 valence electrons. The highest BCUT2D eigenvalue weighted by Crippen LogP contribution is 2.31. The summed E-state index contributed by atoms with van der Waals surface area (Å²) in [6.07, 6.45) is 3.28. The molecule has 0 atom stereocenters. The van der Waals surface area contributed by atoms with E-state index in [-0.39, 0.29) is 5.91 Å². The summed E-state index contributed by atoms with van der Waals surface area (Å²) in [6, 6.07) is 25.1. The van der Waals surface area contributed by atoms with Crippen LogP contribution in [-0.2, 0) is 6.61 Å². The maximum absolute atomic E-state index is 12.5. The lowest BCUT2D eigenvalue weighted by molar-refractivity contribution is 0.0984. The number of nitrogens with zero attached hydrogens (tertiary/aromatic N) is 4. The van der Waals surface area contributed by atoms with Gasteiger partial charge in [0.25, 0.3) is 5.91 Å². The third-order valence-electron chi connectivity index (χ3n) is 5.14. The number of benzene rings is 2. The fourth-order valence-electron chi connectivity index (χ4n) is 3.40. The summed E-state index contributed by atoms with van der Waals surface area (Å²) in [5.74, 6) is -0.145. The summed E-state index contributed by atoms with van der Waals surface area (Å²) in [4.78, 5) is 32.1. The molecular weight excluding hydrogens is 490 g/mol. The van der Waals surface area contributed by atoms with Gasteiger partial charge in [0.2, 0.25) is 0 Å². The summed E-state index contributed by atoms with van der Waals surface area (Å²) in [5, 5.41) is 0.825. The molecule has 7 nitrogen and oxygen atoms in total. The normalized spacial score (nSPS) is 10.7. The van der Waals surface area contributed by atoms with Crippen LogP contribution in [0.3, 0.4) is 0 Å². The number of carbonyl (C=O) groups is 1. The zero-order chi connectivity index (χ0) is 24.7. The number of rotatable bonds is 8. The molecule has 9 heteroatoms. The number of aryl methyl sites for hydroxylation is 1. The fraction of sp³-hybridized carbons (Fsp3) is 0.0741. The Bertz CT molecular complexity index is 1460. The molecule has 0 unspecified atom stereocenters. The van der Waals surface area contributed by atoms with Gasteiger partial charge in [-0.25, -0.2) is 19.9 Å². The molecule has 0 bridgehead atoms. The molecule has 5 aromatic rings. The summed E-state index contributed by atoms with van der Waals surface area (Å²) < 4.78 is 8.51. The Balaban J connectivity index is 1.27. The second-order valence-corrected chi connectivity index (χ2v) is 9.64. The highest BCUT2D eigenvalue weighted by molar-refractivity contribution is 7.98. The molecule has 5 rings (SSSR count). The van der Waals surface area contributed by atoms with E-state index in [1.165, 1.54) is 23.3 Å². The molecule has 2 aromatic carbocycles. The second-order valence-electron chi connectivity index (χ2n) is 7.67. The lowest BCUT2D eigenvalue weighted by atomic mass is 10.1. The highest BCUT2D eigenvalue weighted by atomic mass is 32.2. The van der Waals surface area contributed by atoms with Crippen molar-refractivity contribution in [3.05, 3.63) is 108 Å². The van der Waals surface area contributed by atoms with E-state index in [9.17, 15) is 4.79 Å². The third kappa shape index (κ3) is 5.76. The van der Waals surface area contributed by atoms with Gasteiger partial charge in [-0.3, -0.25) is 9.52 Å². The van der Waals surface area contributed by atoms with Crippen LogP contribution in [0.2, 0.25) is 0 Å². The molecule has 36 heavy (non-hydrogen) atoms. The number of hydrogen-bond donors (Lipinski definition) is 1. The first kappa shape index (κ1) is 23.7. The van der Waals surface area contributed by atoms with E-state index in [4.69, 9.17) is 9.72 Å². The number of amides is 1. The maximum atomic E-state index is 12.5. The molecule has 0 saturated heterocycles. The Labute approximate surface area is 216 Å². The van der Waals surface area contributed by atoms with Gasteiger partial charge in [-0.15, -0.1) is 11.3 Å². The number of thiazole rings is 1. The number of aromatic nitrogens is 4. The van der Waals surface area contributed by atoms with E-state index >= 15 is 0 Å². The van der Waals surface area contributed by atoms with Crippen molar-refractivity contribution >= 4 is 29.2 Å². The van der Waals surface area contributed by atoms with Crippen LogP contribution < -0.4 is 9.46 Å². The van der Waals surface area contributed by atoms with E-state index in [1.807, 2.05) is 79.7 Å². The molecule has 0 fully saturated rings. The minimum absolute atomic E-state index is 0.145. The summed E-state index contributed by atoms with van der Waals surface area (Å²) in [6.45, 7) is 2.25. The van der Waals surface area contributed by atoms with Gasteiger partial charge in [0, 0.05) is 28.4 Å². The molecule has 0 saturated carbocycles. The van der Waals surface area contributed by atoms with Crippen LogP contribution in [0, 0.1) is 6.92 Å². The standard InChI is InChI=1S/C27H21N5O2S2/c1-18-25(35-24(30-18)17-34-27-28-15-6-16-29-27)23-10-5-9-22(31-23)19-11-13-20(14-12-19)26(33)32-36-21-7-3-2-4-8-21/h2-16H,17H2,1H3,(H,32,33). The van der Waals surface area contributed by atoms with Crippen molar-refractivity contribution < 1.29 is 9.53 Å². The summed E-state index contributed by atoms with van der Waals surface area (Å²) in [5.41, 5.74) is 4.06. The van der Waals surface area contributed by atoms with E-state index in [0.29, 0.717) is 18.2 Å². The Kier molecular flexibility index (Phi) is 7.30. The SMILES string of the molecule is Cc1nc(COc2ncccn2)sc1-c1cccc(-c2ccc(C(=O)NSc3ccccc3)cc2)n1. The maximum Gasteiger partial charge on any atom is 0.316 e. The van der Waals surface area contributed by atoms with Crippen molar-refractivity contribution in [1.82, 2.24) is 24.7 Å². The zero-order valence-electron chi connectivity index (χ0n) is 19.3. The molecule has 0 radical (unpaired) electrons.